The molecule has 1 aliphatic heterocycles. The van der Waals surface area contributed by atoms with Crippen molar-refractivity contribution in [2.75, 3.05) is 13.1 Å². The Morgan fingerprint density at radius 2 is 1.70 bits per heavy atom. The van der Waals surface area contributed by atoms with Crippen LogP contribution in [-0.4, -0.2) is 18.0 Å². The molecule has 0 aromatic heterocycles. The molecule has 10 heavy (non-hydrogen) atoms. The normalized spacial score (nSPS) is 31.7. The molecule has 0 bridgehead atoms. The standard InChI is InChI=1S/C9H15N/c1-4-5-10-6-8(2)9(3)7-10/h8-9H,6-7H2,1-3H3/t8-,9-/m1/s1. The zero-order chi connectivity index (χ0) is 7.56. The molecular formula is C9H15N. The van der Waals surface area contributed by atoms with E-state index in [9.17, 15) is 0 Å². The second-order valence-corrected chi connectivity index (χ2v) is 3.22. The van der Waals surface area contributed by atoms with Crippen LogP contribution < -0.4 is 0 Å². The van der Waals surface area contributed by atoms with Gasteiger partial charge in [-0.15, -0.1) is 0 Å². The van der Waals surface area contributed by atoms with Crippen molar-refractivity contribution in [1.82, 2.24) is 4.90 Å². The van der Waals surface area contributed by atoms with Gasteiger partial charge < -0.3 is 4.90 Å². The van der Waals surface area contributed by atoms with Gasteiger partial charge >= 0.3 is 0 Å². The van der Waals surface area contributed by atoms with Crippen LogP contribution in [0.5, 0.6) is 0 Å². The molecule has 0 aromatic carbocycles. The van der Waals surface area contributed by atoms with Gasteiger partial charge in [0.05, 0.1) is 0 Å². The van der Waals surface area contributed by atoms with E-state index in [1.54, 1.807) is 0 Å². The Morgan fingerprint density at radius 3 is 2.10 bits per heavy atom. The van der Waals surface area contributed by atoms with Crippen molar-refractivity contribution < 1.29 is 0 Å². The average Bonchev–Trinajstić information content (AvgIpc) is 2.14. The Bertz CT molecular complexity index is 153. The lowest BCUT2D eigenvalue weighted by Gasteiger charge is -2.06. The van der Waals surface area contributed by atoms with Gasteiger partial charge in [0.2, 0.25) is 0 Å². The molecule has 0 amide bonds. The maximum Gasteiger partial charge on any atom is 0.0289 e. The molecule has 0 aliphatic carbocycles. The highest BCUT2D eigenvalue weighted by Gasteiger charge is 2.23. The molecule has 1 heterocycles. The smallest absolute Gasteiger partial charge is 0.0289 e. The molecule has 2 atom stereocenters. The molecule has 56 valence electrons. The Kier molecular flexibility index (Phi) is 2.21. The zero-order valence-corrected chi connectivity index (χ0v) is 7.02. The fraction of sp³-hybridized carbons (Fsp3) is 0.778. The second-order valence-electron chi connectivity index (χ2n) is 3.22. The molecule has 1 fully saturated rings. The highest BCUT2D eigenvalue weighted by Crippen LogP contribution is 2.20. The summed E-state index contributed by atoms with van der Waals surface area (Å²) in [6.07, 6.45) is 0. The summed E-state index contributed by atoms with van der Waals surface area (Å²) in [7, 11) is 0. The molecule has 0 unspecified atom stereocenters. The summed E-state index contributed by atoms with van der Waals surface area (Å²) in [5.74, 6) is 4.57. The Labute approximate surface area is 63.4 Å². The van der Waals surface area contributed by atoms with Crippen LogP contribution in [0.3, 0.4) is 0 Å². The van der Waals surface area contributed by atoms with E-state index in [0.29, 0.717) is 0 Å². The van der Waals surface area contributed by atoms with Gasteiger partial charge in [0.25, 0.3) is 0 Å². The number of hydrogen-bond donors (Lipinski definition) is 0. The molecule has 0 N–H and O–H groups in total. The summed E-state index contributed by atoms with van der Waals surface area (Å²) in [6.45, 7) is 8.79. The van der Waals surface area contributed by atoms with Gasteiger partial charge in [-0.3, -0.25) is 0 Å². The fourth-order valence-corrected chi connectivity index (χ4v) is 1.38. The van der Waals surface area contributed by atoms with E-state index in [0.717, 1.165) is 24.9 Å². The molecule has 1 saturated heterocycles. The van der Waals surface area contributed by atoms with E-state index < -0.39 is 0 Å². The summed E-state index contributed by atoms with van der Waals surface area (Å²) in [6, 6.07) is 3.09. The first-order valence-electron chi connectivity index (χ1n) is 3.91. The minimum absolute atomic E-state index is 0.820. The molecule has 1 aliphatic rings. The molecule has 0 radical (unpaired) electrons. The second kappa shape index (κ2) is 2.96. The van der Waals surface area contributed by atoms with Gasteiger partial charge in [-0.2, -0.15) is 0 Å². The third-order valence-electron chi connectivity index (χ3n) is 2.26. The Morgan fingerprint density at radius 1 is 1.20 bits per heavy atom. The summed E-state index contributed by atoms with van der Waals surface area (Å²) in [5.41, 5.74) is 0. The average molecular weight is 137 g/mol. The minimum Gasteiger partial charge on any atom is -0.332 e. The number of hydrogen-bond acceptors (Lipinski definition) is 1. The molecule has 0 aromatic rings. The van der Waals surface area contributed by atoms with Crippen LogP contribution in [0.25, 0.3) is 0 Å². The zero-order valence-electron chi connectivity index (χ0n) is 7.02. The van der Waals surface area contributed by atoms with Crippen molar-refractivity contribution in [2.24, 2.45) is 11.8 Å². The van der Waals surface area contributed by atoms with Gasteiger partial charge in [0, 0.05) is 19.1 Å². The lowest BCUT2D eigenvalue weighted by molar-refractivity contribution is 0.472. The summed E-state index contributed by atoms with van der Waals surface area (Å²) >= 11 is 0. The van der Waals surface area contributed by atoms with Crippen molar-refractivity contribution in [1.29, 1.82) is 0 Å². The van der Waals surface area contributed by atoms with Crippen molar-refractivity contribution in [3.05, 3.63) is 0 Å². The lowest BCUT2D eigenvalue weighted by atomic mass is 10.0. The van der Waals surface area contributed by atoms with Gasteiger partial charge in [-0.05, 0) is 18.8 Å². The van der Waals surface area contributed by atoms with Gasteiger partial charge in [0.15, 0.2) is 0 Å². The van der Waals surface area contributed by atoms with Crippen molar-refractivity contribution in [3.63, 3.8) is 0 Å². The minimum atomic E-state index is 0.820. The summed E-state index contributed by atoms with van der Waals surface area (Å²) < 4.78 is 0. The van der Waals surface area contributed by atoms with Crippen LogP contribution >= 0.6 is 0 Å². The highest BCUT2D eigenvalue weighted by atomic mass is 15.1. The van der Waals surface area contributed by atoms with E-state index in [4.69, 9.17) is 0 Å². The van der Waals surface area contributed by atoms with E-state index in [1.165, 1.54) is 0 Å². The van der Waals surface area contributed by atoms with Gasteiger partial charge in [-0.1, -0.05) is 19.8 Å². The molecule has 1 nitrogen and oxygen atoms in total. The van der Waals surface area contributed by atoms with E-state index in [-0.39, 0.29) is 0 Å². The first kappa shape index (κ1) is 7.47. The monoisotopic (exact) mass is 137 g/mol. The van der Waals surface area contributed by atoms with Crippen LogP contribution in [-0.2, 0) is 0 Å². The van der Waals surface area contributed by atoms with E-state index in [1.807, 2.05) is 6.92 Å². The predicted molar refractivity (Wildman–Crippen MR) is 43.4 cm³/mol. The Hall–Kier alpha value is -0.640. The van der Waals surface area contributed by atoms with Crippen molar-refractivity contribution in [2.45, 2.75) is 20.8 Å². The Balaban J connectivity index is 2.46. The van der Waals surface area contributed by atoms with Crippen LogP contribution in [0.2, 0.25) is 0 Å². The van der Waals surface area contributed by atoms with Crippen LogP contribution in [0.15, 0.2) is 0 Å². The SMILES string of the molecule is CC#CN1C[C@@H](C)[C@H](C)C1. The third kappa shape index (κ3) is 1.44. The van der Waals surface area contributed by atoms with Gasteiger partial charge in [0.1, 0.15) is 0 Å². The number of nitrogens with zero attached hydrogens (tertiary/aromatic N) is 1. The molecular weight excluding hydrogens is 122 g/mol. The van der Waals surface area contributed by atoms with Crippen LogP contribution in [0.1, 0.15) is 20.8 Å². The largest absolute Gasteiger partial charge is 0.332 e. The van der Waals surface area contributed by atoms with E-state index >= 15 is 0 Å². The molecule has 1 heteroatoms. The quantitative estimate of drug-likeness (QED) is 0.458. The van der Waals surface area contributed by atoms with Crippen molar-refractivity contribution >= 4 is 0 Å². The third-order valence-corrected chi connectivity index (χ3v) is 2.26. The summed E-state index contributed by atoms with van der Waals surface area (Å²) in [4.78, 5) is 2.22. The lowest BCUT2D eigenvalue weighted by Crippen LogP contribution is -2.13. The van der Waals surface area contributed by atoms with Crippen LogP contribution in [0.4, 0.5) is 0 Å². The molecule has 0 spiro atoms. The van der Waals surface area contributed by atoms with Crippen LogP contribution in [0, 0.1) is 23.8 Å². The molecule has 1 rings (SSSR count). The highest BCUT2D eigenvalue weighted by molar-refractivity contribution is 4.98. The fourth-order valence-electron chi connectivity index (χ4n) is 1.38. The topological polar surface area (TPSA) is 3.24 Å². The van der Waals surface area contributed by atoms with Gasteiger partial charge in [-0.25, -0.2) is 0 Å². The number of rotatable bonds is 0. The predicted octanol–water partition coefficient (Wildman–Crippen LogP) is 1.56. The first-order valence-corrected chi connectivity index (χ1v) is 3.91. The van der Waals surface area contributed by atoms with Crippen molar-refractivity contribution in [3.8, 4) is 12.0 Å². The maximum absolute atomic E-state index is 3.09. The molecule has 0 saturated carbocycles. The van der Waals surface area contributed by atoms with E-state index in [2.05, 4.69) is 30.7 Å². The number of likely N-dealkylation sites (tertiary alicyclic amines) is 1. The first-order chi connectivity index (χ1) is 4.74. The maximum atomic E-state index is 3.09. The summed E-state index contributed by atoms with van der Waals surface area (Å²) in [5, 5.41) is 0.